The lowest BCUT2D eigenvalue weighted by atomic mass is 9.94. The Morgan fingerprint density at radius 3 is 2.28 bits per heavy atom. The predicted octanol–water partition coefficient (Wildman–Crippen LogP) is 3.77. The van der Waals surface area contributed by atoms with Gasteiger partial charge in [0.2, 0.25) is 10.0 Å². The largest absolute Gasteiger partial charge is 0.507 e. The van der Waals surface area contributed by atoms with Crippen molar-refractivity contribution in [1.29, 1.82) is 0 Å². The second-order valence-corrected chi connectivity index (χ2v) is 10.7. The first-order valence-electron chi connectivity index (χ1n) is 10.9. The number of ether oxygens (including phenoxy) is 1. The van der Waals surface area contributed by atoms with Crippen molar-refractivity contribution >= 4 is 43.4 Å². The predicted molar refractivity (Wildman–Crippen MR) is 138 cm³/mol. The molecule has 186 valence electrons. The van der Waals surface area contributed by atoms with Crippen LogP contribution < -0.4 is 9.88 Å². The molecule has 10 heteroatoms. The van der Waals surface area contributed by atoms with Crippen LogP contribution in [0.1, 0.15) is 22.7 Å². The van der Waals surface area contributed by atoms with Crippen molar-refractivity contribution < 1.29 is 27.9 Å². The number of para-hydroxylation sites is 1. The standard InChI is InChI=1S/C26H23BrN2O6S/c1-35-21-5-3-2-4-20(21)23-22(24(30)17-8-10-18(27)11-9-17)25(31)26(32)29(23)15-14-16-6-12-19(13-7-16)36(28,33)34/h2-13,23,30H,14-15H2,1H3,(H2,28,33,34)/b24-22+. The minimum atomic E-state index is -3.82. The average Bonchev–Trinajstić information content (AvgIpc) is 3.12. The van der Waals surface area contributed by atoms with Crippen molar-refractivity contribution in [2.24, 2.45) is 5.14 Å². The van der Waals surface area contributed by atoms with Crippen molar-refractivity contribution in [3.63, 3.8) is 0 Å². The van der Waals surface area contributed by atoms with E-state index in [1.54, 1.807) is 60.7 Å². The number of sulfonamides is 1. The monoisotopic (exact) mass is 570 g/mol. The molecule has 0 radical (unpaired) electrons. The molecule has 0 aromatic heterocycles. The summed E-state index contributed by atoms with van der Waals surface area (Å²) in [5.41, 5.74) is 1.67. The van der Waals surface area contributed by atoms with Crippen LogP contribution in [0.2, 0.25) is 0 Å². The Balaban J connectivity index is 1.76. The highest BCUT2D eigenvalue weighted by Crippen LogP contribution is 2.42. The fourth-order valence-electron chi connectivity index (χ4n) is 4.18. The third-order valence-corrected chi connectivity index (χ3v) is 7.44. The molecule has 1 saturated heterocycles. The summed E-state index contributed by atoms with van der Waals surface area (Å²) >= 11 is 3.35. The van der Waals surface area contributed by atoms with Gasteiger partial charge in [0.25, 0.3) is 11.7 Å². The van der Waals surface area contributed by atoms with E-state index in [9.17, 15) is 23.1 Å². The average molecular weight is 571 g/mol. The maximum absolute atomic E-state index is 13.2. The number of aliphatic hydroxyl groups is 1. The third-order valence-electron chi connectivity index (χ3n) is 5.98. The number of rotatable bonds is 7. The highest BCUT2D eigenvalue weighted by molar-refractivity contribution is 9.10. The normalized spacial score (nSPS) is 17.4. The lowest BCUT2D eigenvalue weighted by Gasteiger charge is -2.26. The van der Waals surface area contributed by atoms with Gasteiger partial charge in [-0.15, -0.1) is 0 Å². The zero-order chi connectivity index (χ0) is 26.0. The Bertz CT molecular complexity index is 1450. The van der Waals surface area contributed by atoms with Gasteiger partial charge in [-0.2, -0.15) is 0 Å². The van der Waals surface area contributed by atoms with Crippen LogP contribution in [0, 0.1) is 0 Å². The minimum Gasteiger partial charge on any atom is -0.507 e. The van der Waals surface area contributed by atoms with Crippen LogP contribution in [0.3, 0.4) is 0 Å². The maximum Gasteiger partial charge on any atom is 0.295 e. The van der Waals surface area contributed by atoms with E-state index in [0.717, 1.165) is 10.0 Å². The third kappa shape index (κ3) is 5.06. The van der Waals surface area contributed by atoms with Crippen LogP contribution in [0.15, 0.2) is 87.7 Å². The van der Waals surface area contributed by atoms with Gasteiger partial charge in [-0.05, 0) is 42.3 Å². The maximum atomic E-state index is 13.2. The number of carbonyl (C=O) groups excluding carboxylic acids is 2. The van der Waals surface area contributed by atoms with Gasteiger partial charge in [0.15, 0.2) is 0 Å². The number of halogens is 1. The summed E-state index contributed by atoms with van der Waals surface area (Å²) in [6.07, 6.45) is 0.335. The Kier molecular flexibility index (Phi) is 7.30. The molecular weight excluding hydrogens is 548 g/mol. The SMILES string of the molecule is COc1ccccc1C1/C(=C(\O)c2ccc(Br)cc2)C(=O)C(=O)N1CCc1ccc(S(N)(=O)=O)cc1. The molecule has 3 N–H and O–H groups in total. The molecule has 1 aliphatic rings. The number of carbonyl (C=O) groups is 2. The number of nitrogens with zero attached hydrogens (tertiary/aromatic N) is 1. The molecule has 1 heterocycles. The molecular formula is C26H23BrN2O6S. The number of ketones is 1. The van der Waals surface area contributed by atoms with Crippen LogP contribution in [0.5, 0.6) is 5.75 Å². The van der Waals surface area contributed by atoms with Gasteiger partial charge in [-0.1, -0.05) is 58.4 Å². The fourth-order valence-corrected chi connectivity index (χ4v) is 4.96. The number of hydrogen-bond donors (Lipinski definition) is 2. The van der Waals surface area contributed by atoms with Crippen molar-refractivity contribution in [2.45, 2.75) is 17.4 Å². The summed E-state index contributed by atoms with van der Waals surface area (Å²) in [6, 6.07) is 18.9. The lowest BCUT2D eigenvalue weighted by Crippen LogP contribution is -2.31. The van der Waals surface area contributed by atoms with Crippen LogP contribution in [0.25, 0.3) is 5.76 Å². The van der Waals surface area contributed by atoms with Crippen molar-refractivity contribution in [1.82, 2.24) is 4.90 Å². The van der Waals surface area contributed by atoms with Crippen molar-refractivity contribution in [3.8, 4) is 5.75 Å². The smallest absolute Gasteiger partial charge is 0.295 e. The first kappa shape index (κ1) is 25.6. The van der Waals surface area contributed by atoms with Gasteiger partial charge in [-0.3, -0.25) is 9.59 Å². The topological polar surface area (TPSA) is 127 Å². The number of amides is 1. The zero-order valence-electron chi connectivity index (χ0n) is 19.2. The Labute approximate surface area is 217 Å². The van der Waals surface area contributed by atoms with E-state index < -0.39 is 27.8 Å². The number of benzene rings is 3. The number of nitrogens with two attached hydrogens (primary N) is 1. The van der Waals surface area contributed by atoms with Crippen LogP contribution in [-0.4, -0.2) is 43.8 Å². The summed E-state index contributed by atoms with van der Waals surface area (Å²) in [5, 5.41) is 16.3. The molecule has 1 atom stereocenters. The summed E-state index contributed by atoms with van der Waals surface area (Å²) in [5.74, 6) is -1.35. The molecule has 0 aliphatic carbocycles. The van der Waals surface area contributed by atoms with E-state index in [1.165, 1.54) is 24.1 Å². The van der Waals surface area contributed by atoms with Gasteiger partial charge < -0.3 is 14.7 Å². The Morgan fingerprint density at radius 2 is 1.67 bits per heavy atom. The summed E-state index contributed by atoms with van der Waals surface area (Å²) < 4.78 is 29.4. The Morgan fingerprint density at radius 1 is 1.03 bits per heavy atom. The molecule has 8 nitrogen and oxygen atoms in total. The van der Waals surface area contributed by atoms with E-state index in [4.69, 9.17) is 9.88 Å². The Hall–Kier alpha value is -3.47. The zero-order valence-corrected chi connectivity index (χ0v) is 21.6. The second kappa shape index (κ2) is 10.3. The van der Waals surface area contributed by atoms with Crippen molar-refractivity contribution in [3.05, 3.63) is 99.5 Å². The molecule has 3 aromatic carbocycles. The molecule has 0 saturated carbocycles. The summed E-state index contributed by atoms with van der Waals surface area (Å²) in [7, 11) is -2.33. The molecule has 1 amide bonds. The highest BCUT2D eigenvalue weighted by Gasteiger charge is 2.46. The molecule has 1 fully saturated rings. The van der Waals surface area contributed by atoms with E-state index in [2.05, 4.69) is 15.9 Å². The number of methoxy groups -OCH3 is 1. The fraction of sp³-hybridized carbons (Fsp3) is 0.154. The number of Topliss-reactive ketones (excluding diaryl/α,β-unsaturated/α-hetero) is 1. The molecule has 4 rings (SSSR count). The van der Waals surface area contributed by atoms with Gasteiger partial charge in [0.1, 0.15) is 11.5 Å². The molecule has 36 heavy (non-hydrogen) atoms. The van der Waals surface area contributed by atoms with Gasteiger partial charge in [0, 0.05) is 22.1 Å². The van der Waals surface area contributed by atoms with Gasteiger partial charge in [-0.25, -0.2) is 13.6 Å². The quantitative estimate of drug-likeness (QED) is 0.253. The number of hydrogen-bond acceptors (Lipinski definition) is 6. The van der Waals surface area contributed by atoms with Crippen LogP contribution >= 0.6 is 15.9 Å². The lowest BCUT2D eigenvalue weighted by molar-refractivity contribution is -0.139. The molecule has 1 unspecified atom stereocenters. The van der Waals surface area contributed by atoms with E-state index in [1.807, 2.05) is 0 Å². The number of aliphatic hydroxyl groups excluding tert-OH is 1. The first-order chi connectivity index (χ1) is 17.1. The minimum absolute atomic E-state index is 0.0183. The molecule has 0 spiro atoms. The summed E-state index contributed by atoms with van der Waals surface area (Å²) in [6.45, 7) is 0.138. The van der Waals surface area contributed by atoms with E-state index in [-0.39, 0.29) is 22.8 Å². The van der Waals surface area contributed by atoms with E-state index >= 15 is 0 Å². The van der Waals surface area contributed by atoms with E-state index in [0.29, 0.717) is 23.3 Å². The summed E-state index contributed by atoms with van der Waals surface area (Å²) in [4.78, 5) is 27.8. The van der Waals surface area contributed by atoms with Crippen molar-refractivity contribution in [2.75, 3.05) is 13.7 Å². The van der Waals surface area contributed by atoms with Crippen LogP contribution in [-0.2, 0) is 26.0 Å². The van der Waals surface area contributed by atoms with Crippen LogP contribution in [0.4, 0.5) is 0 Å². The van der Waals surface area contributed by atoms with Gasteiger partial charge in [0.05, 0.1) is 23.6 Å². The molecule has 1 aliphatic heterocycles. The van der Waals surface area contributed by atoms with Gasteiger partial charge >= 0.3 is 0 Å². The molecule has 0 bridgehead atoms. The number of likely N-dealkylation sites (tertiary alicyclic amines) is 1. The first-order valence-corrected chi connectivity index (χ1v) is 13.2. The highest BCUT2D eigenvalue weighted by atomic mass is 79.9. The molecule has 3 aromatic rings. The number of primary sulfonamides is 1. The second-order valence-electron chi connectivity index (χ2n) is 8.18.